The van der Waals surface area contributed by atoms with Crippen LogP contribution < -0.4 is 0 Å². The van der Waals surface area contributed by atoms with E-state index in [-0.39, 0.29) is 5.92 Å². The van der Waals surface area contributed by atoms with E-state index in [2.05, 4.69) is 209 Å². The van der Waals surface area contributed by atoms with Gasteiger partial charge in [-0.25, -0.2) is 0 Å². The van der Waals surface area contributed by atoms with E-state index in [0.717, 1.165) is 6.42 Å². The van der Waals surface area contributed by atoms with E-state index >= 15 is 0 Å². The number of aromatic nitrogens is 2. The molecular weight excluding hydrogens is 653 g/mol. The van der Waals surface area contributed by atoms with Gasteiger partial charge in [0.15, 0.2) is 0 Å². The van der Waals surface area contributed by atoms with E-state index < -0.39 is 0 Å². The van der Waals surface area contributed by atoms with Gasteiger partial charge >= 0.3 is 0 Å². The van der Waals surface area contributed by atoms with Crippen molar-refractivity contribution in [2.24, 2.45) is 0 Å². The molecule has 3 heterocycles. The summed E-state index contributed by atoms with van der Waals surface area (Å²) in [6.07, 6.45) is 0.907. The fourth-order valence-corrected chi connectivity index (χ4v) is 8.86. The fourth-order valence-electron chi connectivity index (χ4n) is 8.86. The Balaban J connectivity index is 1.02. The molecule has 1 unspecified atom stereocenters. The van der Waals surface area contributed by atoms with E-state index in [1.807, 2.05) is 0 Å². The molecule has 1 atom stereocenters. The molecule has 0 saturated carbocycles. The molecule has 11 aromatic rings. The van der Waals surface area contributed by atoms with Crippen LogP contribution in [-0.2, 0) is 6.42 Å². The number of nitrogens with zero attached hydrogens (tertiary/aromatic N) is 2. The van der Waals surface area contributed by atoms with Crippen molar-refractivity contribution in [1.82, 2.24) is 8.80 Å². The van der Waals surface area contributed by atoms with Crippen LogP contribution in [0.4, 0.5) is 0 Å². The molecule has 0 saturated heterocycles. The second-order valence-electron chi connectivity index (χ2n) is 14.5. The van der Waals surface area contributed by atoms with Crippen LogP contribution in [0.1, 0.15) is 22.6 Å². The molecule has 3 aromatic heterocycles. The SMILES string of the molecule is c1ccc(-c2ccc(CC(c3ccc(-c4ccccc4)cc3)c3cccc(-c4ccc5c(c4)c4c6ccccc6n6c7ccccc7n5c46)c3)cc2)cc1. The smallest absolute Gasteiger partial charge is 0.131 e. The minimum absolute atomic E-state index is 0.189. The molecule has 0 radical (unpaired) electrons. The summed E-state index contributed by atoms with van der Waals surface area (Å²) >= 11 is 0. The lowest BCUT2D eigenvalue weighted by molar-refractivity contribution is 0.806. The maximum atomic E-state index is 2.46. The third-order valence-corrected chi connectivity index (χ3v) is 11.5. The van der Waals surface area contributed by atoms with Crippen LogP contribution in [0, 0.1) is 0 Å². The van der Waals surface area contributed by atoms with Crippen molar-refractivity contribution in [2.75, 3.05) is 0 Å². The summed E-state index contributed by atoms with van der Waals surface area (Å²) in [5, 5.41) is 3.92. The van der Waals surface area contributed by atoms with Gasteiger partial charge in [0, 0.05) is 22.1 Å². The van der Waals surface area contributed by atoms with Gasteiger partial charge in [-0.2, -0.15) is 0 Å². The first-order valence-electron chi connectivity index (χ1n) is 18.9. The van der Waals surface area contributed by atoms with E-state index in [9.17, 15) is 0 Å². The maximum absolute atomic E-state index is 2.46. The van der Waals surface area contributed by atoms with Crippen LogP contribution in [0.2, 0.25) is 0 Å². The third-order valence-electron chi connectivity index (χ3n) is 11.5. The highest BCUT2D eigenvalue weighted by Gasteiger charge is 2.23. The van der Waals surface area contributed by atoms with Crippen LogP contribution in [0.25, 0.3) is 77.3 Å². The Labute approximate surface area is 314 Å². The molecular formula is C52H36N2. The summed E-state index contributed by atoms with van der Waals surface area (Å²) in [5.41, 5.74) is 17.7. The van der Waals surface area contributed by atoms with Crippen LogP contribution in [-0.4, -0.2) is 8.80 Å². The van der Waals surface area contributed by atoms with Gasteiger partial charge in [-0.1, -0.05) is 170 Å². The molecule has 54 heavy (non-hydrogen) atoms. The van der Waals surface area contributed by atoms with Crippen molar-refractivity contribution in [2.45, 2.75) is 12.3 Å². The molecule has 0 fully saturated rings. The molecule has 254 valence electrons. The summed E-state index contributed by atoms with van der Waals surface area (Å²) in [6.45, 7) is 0. The van der Waals surface area contributed by atoms with Gasteiger partial charge in [-0.3, -0.25) is 8.80 Å². The van der Waals surface area contributed by atoms with E-state index in [1.165, 1.54) is 93.9 Å². The molecule has 0 amide bonds. The van der Waals surface area contributed by atoms with Crippen molar-refractivity contribution in [3.05, 3.63) is 217 Å². The predicted octanol–water partition coefficient (Wildman–Crippen LogP) is 13.5. The summed E-state index contributed by atoms with van der Waals surface area (Å²) in [4.78, 5) is 0. The Morgan fingerprint density at radius 2 is 0.833 bits per heavy atom. The van der Waals surface area contributed by atoms with Gasteiger partial charge in [-0.05, 0) is 86.8 Å². The van der Waals surface area contributed by atoms with Gasteiger partial charge < -0.3 is 0 Å². The molecule has 0 spiro atoms. The lowest BCUT2D eigenvalue weighted by Crippen LogP contribution is -2.05. The first-order valence-corrected chi connectivity index (χ1v) is 18.9. The average Bonchev–Trinajstić information content (AvgIpc) is 3.89. The molecule has 8 aromatic carbocycles. The Morgan fingerprint density at radius 3 is 1.50 bits per heavy atom. The minimum atomic E-state index is 0.189. The number of hydrogen-bond donors (Lipinski definition) is 0. The lowest BCUT2D eigenvalue weighted by Gasteiger charge is -2.20. The van der Waals surface area contributed by atoms with Crippen LogP contribution >= 0.6 is 0 Å². The van der Waals surface area contributed by atoms with E-state index in [1.54, 1.807) is 0 Å². The number of fused-ring (bicyclic) bond motifs is 9. The molecule has 2 nitrogen and oxygen atoms in total. The first kappa shape index (κ1) is 30.7. The fraction of sp³-hybridized carbons (Fsp3) is 0.0385. The Kier molecular flexibility index (Phi) is 7.03. The molecule has 2 heteroatoms. The van der Waals surface area contributed by atoms with Gasteiger partial charge in [-0.15, -0.1) is 0 Å². The van der Waals surface area contributed by atoms with Crippen molar-refractivity contribution in [3.63, 3.8) is 0 Å². The summed E-state index contributed by atoms with van der Waals surface area (Å²) < 4.78 is 4.90. The van der Waals surface area contributed by atoms with Crippen molar-refractivity contribution < 1.29 is 0 Å². The standard InChI is InChI=1S/C52H36N2/c1-3-12-36(13-4-1)38-24-22-35(23-25-38)32-45(40-28-26-39(27-29-40)37-14-5-2-6-15-37)43-17-11-16-41(33-43)42-30-31-48-46(34-42)51-44-18-7-8-19-47(44)53-49-20-9-10-21-50(49)54(48)52(51)53/h1-31,33-34,45H,32H2. The van der Waals surface area contributed by atoms with E-state index in [4.69, 9.17) is 0 Å². The topological polar surface area (TPSA) is 8.82 Å². The molecule has 0 aliphatic rings. The minimum Gasteiger partial charge on any atom is -0.293 e. The molecule has 0 aliphatic heterocycles. The summed E-state index contributed by atoms with van der Waals surface area (Å²) in [5.74, 6) is 0.189. The van der Waals surface area contributed by atoms with Gasteiger partial charge in [0.05, 0.1) is 22.1 Å². The average molecular weight is 689 g/mol. The Hall–Kier alpha value is -6.90. The highest BCUT2D eigenvalue weighted by molar-refractivity contribution is 6.24. The molecule has 0 N–H and O–H groups in total. The van der Waals surface area contributed by atoms with Crippen molar-refractivity contribution in [1.29, 1.82) is 0 Å². The van der Waals surface area contributed by atoms with Gasteiger partial charge in [0.25, 0.3) is 0 Å². The van der Waals surface area contributed by atoms with E-state index in [0.29, 0.717) is 0 Å². The largest absolute Gasteiger partial charge is 0.293 e. The highest BCUT2D eigenvalue weighted by atomic mass is 15.1. The first-order chi connectivity index (χ1) is 26.8. The quantitative estimate of drug-likeness (QED) is 0.158. The predicted molar refractivity (Wildman–Crippen MR) is 227 cm³/mol. The lowest BCUT2D eigenvalue weighted by atomic mass is 9.84. The zero-order valence-electron chi connectivity index (χ0n) is 29.7. The summed E-state index contributed by atoms with van der Waals surface area (Å²) in [6, 6.07) is 73.6. The maximum Gasteiger partial charge on any atom is 0.131 e. The van der Waals surface area contributed by atoms with Gasteiger partial charge in [0.2, 0.25) is 0 Å². The van der Waals surface area contributed by atoms with Crippen molar-refractivity contribution >= 4 is 43.9 Å². The highest BCUT2D eigenvalue weighted by Crippen LogP contribution is 2.42. The van der Waals surface area contributed by atoms with Crippen LogP contribution in [0.5, 0.6) is 0 Å². The number of benzene rings is 8. The number of hydrogen-bond acceptors (Lipinski definition) is 0. The van der Waals surface area contributed by atoms with Gasteiger partial charge in [0.1, 0.15) is 5.65 Å². The number of para-hydroxylation sites is 3. The molecule has 11 rings (SSSR count). The molecule has 0 bridgehead atoms. The zero-order chi connectivity index (χ0) is 35.6. The Bertz CT molecular complexity index is 3090. The molecule has 0 aliphatic carbocycles. The van der Waals surface area contributed by atoms with Crippen molar-refractivity contribution in [3.8, 4) is 33.4 Å². The summed E-state index contributed by atoms with van der Waals surface area (Å²) in [7, 11) is 0. The number of rotatable bonds is 7. The van der Waals surface area contributed by atoms with Crippen LogP contribution in [0.15, 0.2) is 200 Å². The second kappa shape index (κ2) is 12.4. The second-order valence-corrected chi connectivity index (χ2v) is 14.5. The zero-order valence-corrected chi connectivity index (χ0v) is 29.7. The number of imidazole rings is 1. The normalized spacial score (nSPS) is 12.4. The third kappa shape index (κ3) is 4.88. The van der Waals surface area contributed by atoms with Crippen LogP contribution in [0.3, 0.4) is 0 Å². The monoisotopic (exact) mass is 688 g/mol. The Morgan fingerprint density at radius 1 is 0.333 bits per heavy atom.